The number of nitrogens with one attached hydrogen (secondary N) is 1. The first-order valence-corrected chi connectivity index (χ1v) is 7.63. The number of rotatable bonds is 4. The van der Waals surface area contributed by atoms with Crippen LogP contribution in [0.2, 0.25) is 0 Å². The molecule has 1 aromatic rings. The smallest absolute Gasteiger partial charge is 0.129 e. The second kappa shape index (κ2) is 6.66. The van der Waals surface area contributed by atoms with Gasteiger partial charge in [0.2, 0.25) is 0 Å². The molecule has 2 rings (SSSR count). The van der Waals surface area contributed by atoms with Crippen LogP contribution in [-0.4, -0.2) is 13.1 Å². The van der Waals surface area contributed by atoms with E-state index in [1.807, 2.05) is 7.05 Å². The van der Waals surface area contributed by atoms with Gasteiger partial charge < -0.3 is 5.32 Å². The molecule has 1 saturated carbocycles. The van der Waals surface area contributed by atoms with E-state index in [2.05, 4.69) is 19.2 Å². The summed E-state index contributed by atoms with van der Waals surface area (Å²) >= 11 is 0. The Balaban J connectivity index is 2.09. The second-order valence-electron chi connectivity index (χ2n) is 6.33. The average molecular weight is 281 g/mol. The van der Waals surface area contributed by atoms with Crippen LogP contribution in [0.4, 0.5) is 8.78 Å². The van der Waals surface area contributed by atoms with Gasteiger partial charge in [-0.1, -0.05) is 26.3 Å². The summed E-state index contributed by atoms with van der Waals surface area (Å²) in [7, 11) is 1.89. The lowest BCUT2D eigenvalue weighted by Crippen LogP contribution is -2.39. The van der Waals surface area contributed by atoms with Crippen molar-refractivity contribution in [3.63, 3.8) is 0 Å². The topological polar surface area (TPSA) is 12.0 Å². The number of benzene rings is 1. The minimum Gasteiger partial charge on any atom is -0.316 e. The minimum atomic E-state index is -0.428. The van der Waals surface area contributed by atoms with Gasteiger partial charge in [0.1, 0.15) is 11.6 Å². The van der Waals surface area contributed by atoms with Crippen molar-refractivity contribution in [2.75, 3.05) is 7.05 Å². The van der Waals surface area contributed by atoms with E-state index in [-0.39, 0.29) is 11.6 Å². The lowest BCUT2D eigenvalue weighted by atomic mass is 9.72. The molecule has 4 atom stereocenters. The van der Waals surface area contributed by atoms with Gasteiger partial charge in [-0.25, -0.2) is 8.78 Å². The lowest BCUT2D eigenvalue weighted by molar-refractivity contribution is 0.173. The minimum absolute atomic E-state index is 0.149. The highest BCUT2D eigenvalue weighted by atomic mass is 19.1. The predicted molar refractivity (Wildman–Crippen MR) is 78.6 cm³/mol. The maximum Gasteiger partial charge on any atom is 0.129 e. The van der Waals surface area contributed by atoms with Crippen molar-refractivity contribution < 1.29 is 8.78 Å². The summed E-state index contributed by atoms with van der Waals surface area (Å²) in [6.45, 7) is 4.58. The van der Waals surface area contributed by atoms with Gasteiger partial charge in [-0.05, 0) is 56.2 Å². The van der Waals surface area contributed by atoms with Crippen molar-refractivity contribution in [1.82, 2.24) is 5.32 Å². The van der Waals surface area contributed by atoms with E-state index in [9.17, 15) is 8.78 Å². The third kappa shape index (κ3) is 3.38. The molecule has 112 valence electrons. The molecule has 0 aliphatic heterocycles. The molecule has 1 N–H and O–H groups in total. The molecule has 4 unspecified atom stereocenters. The van der Waals surface area contributed by atoms with E-state index in [0.29, 0.717) is 18.3 Å². The first kappa shape index (κ1) is 15.4. The van der Waals surface area contributed by atoms with E-state index in [0.717, 1.165) is 18.8 Å². The molecule has 0 amide bonds. The van der Waals surface area contributed by atoms with Crippen molar-refractivity contribution in [3.8, 4) is 0 Å². The highest BCUT2D eigenvalue weighted by Crippen LogP contribution is 2.36. The van der Waals surface area contributed by atoms with Crippen LogP contribution in [0.25, 0.3) is 0 Å². The number of halogens is 2. The van der Waals surface area contributed by atoms with Gasteiger partial charge in [0, 0.05) is 11.6 Å². The summed E-state index contributed by atoms with van der Waals surface area (Å²) in [5, 5.41) is 3.28. The fourth-order valence-electron chi connectivity index (χ4n) is 3.41. The Kier molecular flexibility index (Phi) is 5.14. The SMILES string of the molecule is CNC(Cc1c(F)cccc1F)C1CCC(C)C(C)C1. The second-order valence-corrected chi connectivity index (χ2v) is 6.33. The van der Waals surface area contributed by atoms with E-state index in [1.54, 1.807) is 0 Å². The largest absolute Gasteiger partial charge is 0.316 e. The van der Waals surface area contributed by atoms with Gasteiger partial charge in [0.15, 0.2) is 0 Å². The zero-order valence-electron chi connectivity index (χ0n) is 12.6. The Morgan fingerprint density at radius 3 is 2.35 bits per heavy atom. The molecule has 1 fully saturated rings. The Morgan fingerprint density at radius 1 is 1.15 bits per heavy atom. The molecule has 1 nitrogen and oxygen atoms in total. The van der Waals surface area contributed by atoms with Crippen LogP contribution in [-0.2, 0) is 6.42 Å². The van der Waals surface area contributed by atoms with Gasteiger partial charge in [-0.3, -0.25) is 0 Å². The maximum absolute atomic E-state index is 13.8. The third-order valence-corrected chi connectivity index (χ3v) is 5.06. The molecular weight excluding hydrogens is 256 g/mol. The zero-order valence-corrected chi connectivity index (χ0v) is 12.6. The van der Waals surface area contributed by atoms with Gasteiger partial charge in [0.05, 0.1) is 0 Å². The van der Waals surface area contributed by atoms with Crippen LogP contribution in [0.15, 0.2) is 18.2 Å². The summed E-state index contributed by atoms with van der Waals surface area (Å²) < 4.78 is 27.6. The zero-order chi connectivity index (χ0) is 14.7. The highest BCUT2D eigenvalue weighted by Gasteiger charge is 2.30. The predicted octanol–water partition coefficient (Wildman–Crippen LogP) is 4.17. The average Bonchev–Trinajstić information content (AvgIpc) is 2.42. The van der Waals surface area contributed by atoms with Crippen LogP contribution in [0.3, 0.4) is 0 Å². The molecule has 0 saturated heterocycles. The standard InChI is InChI=1S/C17H25F2N/c1-11-7-8-13(9-12(11)2)17(20-3)10-14-15(18)5-4-6-16(14)19/h4-6,11-13,17,20H,7-10H2,1-3H3. The maximum atomic E-state index is 13.8. The summed E-state index contributed by atoms with van der Waals surface area (Å²) in [6, 6.07) is 4.26. The first-order chi connectivity index (χ1) is 9.52. The fourth-order valence-corrected chi connectivity index (χ4v) is 3.41. The monoisotopic (exact) mass is 281 g/mol. The molecule has 1 aliphatic rings. The van der Waals surface area contributed by atoms with Crippen molar-refractivity contribution in [2.24, 2.45) is 17.8 Å². The summed E-state index contributed by atoms with van der Waals surface area (Å²) in [6.07, 6.45) is 3.93. The van der Waals surface area contributed by atoms with Crippen LogP contribution in [0, 0.1) is 29.4 Å². The highest BCUT2D eigenvalue weighted by molar-refractivity contribution is 5.21. The Bertz CT molecular complexity index is 426. The van der Waals surface area contributed by atoms with Crippen LogP contribution in [0.5, 0.6) is 0 Å². The number of hydrogen-bond donors (Lipinski definition) is 1. The van der Waals surface area contributed by atoms with Gasteiger partial charge in [-0.15, -0.1) is 0 Å². The summed E-state index contributed by atoms with van der Waals surface area (Å²) in [5.74, 6) is 1.10. The molecule has 20 heavy (non-hydrogen) atoms. The quantitative estimate of drug-likeness (QED) is 0.873. The fraction of sp³-hybridized carbons (Fsp3) is 0.647. The van der Waals surface area contributed by atoms with E-state index in [4.69, 9.17) is 0 Å². The summed E-state index contributed by atoms with van der Waals surface area (Å²) in [5.41, 5.74) is 0.220. The van der Waals surface area contributed by atoms with Crippen LogP contribution >= 0.6 is 0 Å². The van der Waals surface area contributed by atoms with Crippen molar-refractivity contribution >= 4 is 0 Å². The van der Waals surface area contributed by atoms with E-state index < -0.39 is 11.6 Å². The van der Waals surface area contributed by atoms with Crippen molar-refractivity contribution in [2.45, 2.75) is 45.6 Å². The van der Waals surface area contributed by atoms with Crippen LogP contribution in [0.1, 0.15) is 38.7 Å². The van der Waals surface area contributed by atoms with Crippen molar-refractivity contribution in [3.05, 3.63) is 35.4 Å². The van der Waals surface area contributed by atoms with Crippen LogP contribution < -0.4 is 5.32 Å². The molecule has 0 spiro atoms. The van der Waals surface area contributed by atoms with Gasteiger partial charge >= 0.3 is 0 Å². The molecule has 0 heterocycles. The number of likely N-dealkylation sites (N-methyl/N-ethyl adjacent to an activating group) is 1. The molecule has 0 radical (unpaired) electrons. The number of hydrogen-bond acceptors (Lipinski definition) is 1. The molecule has 1 aromatic carbocycles. The van der Waals surface area contributed by atoms with Gasteiger partial charge in [-0.2, -0.15) is 0 Å². The molecule has 3 heteroatoms. The Morgan fingerprint density at radius 2 is 1.80 bits per heavy atom. The molecular formula is C17H25F2N. The molecule has 0 aromatic heterocycles. The Hall–Kier alpha value is -0.960. The molecule has 0 bridgehead atoms. The first-order valence-electron chi connectivity index (χ1n) is 7.63. The Labute approximate surface area is 120 Å². The van der Waals surface area contributed by atoms with E-state index in [1.165, 1.54) is 24.6 Å². The lowest BCUT2D eigenvalue weighted by Gasteiger charge is -2.36. The van der Waals surface area contributed by atoms with Gasteiger partial charge in [0.25, 0.3) is 0 Å². The van der Waals surface area contributed by atoms with Crippen molar-refractivity contribution in [1.29, 1.82) is 0 Å². The summed E-state index contributed by atoms with van der Waals surface area (Å²) in [4.78, 5) is 0. The normalized spacial score (nSPS) is 28.4. The third-order valence-electron chi connectivity index (χ3n) is 5.06. The van der Waals surface area contributed by atoms with E-state index >= 15 is 0 Å². The molecule has 1 aliphatic carbocycles.